The third-order valence-electron chi connectivity index (χ3n) is 3.00. The van der Waals surface area contributed by atoms with E-state index < -0.39 is 6.03 Å². The van der Waals surface area contributed by atoms with Crippen molar-refractivity contribution in [3.63, 3.8) is 0 Å². The minimum absolute atomic E-state index is 0.208. The molecule has 0 atom stereocenters. The lowest BCUT2D eigenvalue weighted by atomic mass is 10.1. The molecule has 0 saturated heterocycles. The van der Waals surface area contributed by atoms with E-state index in [1.807, 2.05) is 0 Å². The molecule has 0 heterocycles. The highest BCUT2D eigenvalue weighted by molar-refractivity contribution is 6.42. The Kier molecular flexibility index (Phi) is 8.70. The van der Waals surface area contributed by atoms with Gasteiger partial charge in [-0.25, -0.2) is 10.2 Å². The number of carbonyl (C=O) groups is 2. The van der Waals surface area contributed by atoms with Crippen LogP contribution in [-0.4, -0.2) is 11.9 Å². The molecular formula is C15H21Cl2N3O2. The molecular weight excluding hydrogens is 325 g/mol. The van der Waals surface area contributed by atoms with E-state index in [-0.39, 0.29) is 5.91 Å². The highest BCUT2D eigenvalue weighted by Gasteiger charge is 2.06. The third kappa shape index (κ3) is 7.52. The second-order valence-corrected chi connectivity index (χ2v) is 5.73. The summed E-state index contributed by atoms with van der Waals surface area (Å²) in [4.78, 5) is 23.2. The molecule has 0 unspecified atom stereocenters. The molecule has 5 nitrogen and oxygen atoms in total. The maximum atomic E-state index is 11.6. The number of hydrogen-bond acceptors (Lipinski definition) is 2. The van der Waals surface area contributed by atoms with Gasteiger partial charge in [-0.1, -0.05) is 55.8 Å². The molecule has 1 rings (SSSR count). The summed E-state index contributed by atoms with van der Waals surface area (Å²) in [7, 11) is 0. The van der Waals surface area contributed by atoms with Gasteiger partial charge in [-0.15, -0.1) is 0 Å². The fourth-order valence-corrected chi connectivity index (χ4v) is 2.11. The van der Waals surface area contributed by atoms with Crippen molar-refractivity contribution in [3.05, 3.63) is 28.2 Å². The first-order chi connectivity index (χ1) is 10.5. The van der Waals surface area contributed by atoms with Crippen molar-refractivity contribution in [2.75, 3.05) is 5.32 Å². The van der Waals surface area contributed by atoms with Crippen molar-refractivity contribution in [3.8, 4) is 0 Å². The van der Waals surface area contributed by atoms with Crippen molar-refractivity contribution in [1.29, 1.82) is 0 Å². The van der Waals surface area contributed by atoms with Gasteiger partial charge in [-0.2, -0.15) is 0 Å². The van der Waals surface area contributed by atoms with Gasteiger partial charge in [0, 0.05) is 12.1 Å². The third-order valence-corrected chi connectivity index (χ3v) is 3.74. The van der Waals surface area contributed by atoms with Gasteiger partial charge >= 0.3 is 6.03 Å². The molecule has 3 amide bonds. The molecule has 0 aromatic heterocycles. The molecule has 0 saturated carbocycles. The van der Waals surface area contributed by atoms with Crippen LogP contribution in [0.15, 0.2) is 18.2 Å². The minimum Gasteiger partial charge on any atom is -0.307 e. The summed E-state index contributed by atoms with van der Waals surface area (Å²) in [5, 5.41) is 3.29. The molecule has 0 aliphatic rings. The fourth-order valence-electron chi connectivity index (χ4n) is 1.81. The van der Waals surface area contributed by atoms with Crippen molar-refractivity contribution in [2.45, 2.75) is 45.4 Å². The summed E-state index contributed by atoms with van der Waals surface area (Å²) < 4.78 is 0. The smallest absolute Gasteiger partial charge is 0.307 e. The second-order valence-electron chi connectivity index (χ2n) is 4.92. The van der Waals surface area contributed by atoms with Gasteiger partial charge < -0.3 is 5.32 Å². The lowest BCUT2D eigenvalue weighted by Gasteiger charge is -2.09. The average Bonchev–Trinajstić information content (AvgIpc) is 2.49. The van der Waals surface area contributed by atoms with E-state index in [1.165, 1.54) is 18.9 Å². The maximum absolute atomic E-state index is 11.6. The van der Waals surface area contributed by atoms with E-state index in [0.29, 0.717) is 22.2 Å². The largest absolute Gasteiger partial charge is 0.337 e. The zero-order valence-electron chi connectivity index (χ0n) is 12.5. The zero-order valence-corrected chi connectivity index (χ0v) is 14.1. The van der Waals surface area contributed by atoms with Crippen LogP contribution in [0.1, 0.15) is 45.4 Å². The summed E-state index contributed by atoms with van der Waals surface area (Å²) in [6.07, 6.45) is 5.74. The standard InChI is InChI=1S/C15H21Cl2N3O2/c1-2-3-4-5-6-7-14(21)19-20-15(22)18-11-8-9-12(16)13(17)10-11/h8-10H,2-7H2,1H3,(H,19,21)(H2,18,20,22). The number of nitrogens with one attached hydrogen (secondary N) is 3. The Bertz CT molecular complexity index is 510. The van der Waals surface area contributed by atoms with Crippen LogP contribution >= 0.6 is 23.2 Å². The molecule has 1 aromatic carbocycles. The SMILES string of the molecule is CCCCCCCC(=O)NNC(=O)Nc1ccc(Cl)c(Cl)c1. The van der Waals surface area contributed by atoms with Gasteiger partial charge in [0.05, 0.1) is 10.0 Å². The Morgan fingerprint density at radius 2 is 1.73 bits per heavy atom. The van der Waals surface area contributed by atoms with Crippen LogP contribution in [0.5, 0.6) is 0 Å². The summed E-state index contributed by atoms with van der Waals surface area (Å²) in [6.45, 7) is 2.14. The molecule has 7 heteroatoms. The van der Waals surface area contributed by atoms with Gasteiger partial charge in [0.25, 0.3) is 0 Å². The quantitative estimate of drug-likeness (QED) is 0.502. The van der Waals surface area contributed by atoms with Gasteiger partial charge in [0.15, 0.2) is 0 Å². The number of halogens is 2. The normalized spacial score (nSPS) is 10.1. The predicted molar refractivity (Wildman–Crippen MR) is 90.1 cm³/mol. The van der Waals surface area contributed by atoms with E-state index in [2.05, 4.69) is 23.1 Å². The maximum Gasteiger partial charge on any atom is 0.337 e. The van der Waals surface area contributed by atoms with Gasteiger partial charge in [0.2, 0.25) is 5.91 Å². The van der Waals surface area contributed by atoms with E-state index in [9.17, 15) is 9.59 Å². The number of urea groups is 1. The molecule has 122 valence electrons. The number of anilines is 1. The van der Waals surface area contributed by atoms with Crippen LogP contribution in [0.2, 0.25) is 10.0 Å². The van der Waals surface area contributed by atoms with Crippen LogP contribution in [0, 0.1) is 0 Å². The summed E-state index contributed by atoms with van der Waals surface area (Å²) in [5.74, 6) is -0.208. The highest BCUT2D eigenvalue weighted by Crippen LogP contribution is 2.24. The van der Waals surface area contributed by atoms with Gasteiger partial charge in [-0.3, -0.25) is 10.2 Å². The fraction of sp³-hybridized carbons (Fsp3) is 0.467. The molecule has 0 radical (unpaired) electrons. The van der Waals surface area contributed by atoms with E-state index in [4.69, 9.17) is 23.2 Å². The van der Waals surface area contributed by atoms with E-state index >= 15 is 0 Å². The van der Waals surface area contributed by atoms with Crippen LogP contribution < -0.4 is 16.2 Å². The van der Waals surface area contributed by atoms with Crippen molar-refractivity contribution in [2.24, 2.45) is 0 Å². The number of rotatable bonds is 7. The highest BCUT2D eigenvalue weighted by atomic mass is 35.5. The Balaban J connectivity index is 2.22. The van der Waals surface area contributed by atoms with Crippen LogP contribution in [-0.2, 0) is 4.79 Å². The number of unbranched alkanes of at least 4 members (excludes halogenated alkanes) is 4. The summed E-state index contributed by atoms with van der Waals surface area (Å²) in [6, 6.07) is 4.18. The minimum atomic E-state index is -0.544. The van der Waals surface area contributed by atoms with E-state index in [1.54, 1.807) is 12.1 Å². The topological polar surface area (TPSA) is 70.2 Å². The Morgan fingerprint density at radius 3 is 2.41 bits per heavy atom. The predicted octanol–water partition coefficient (Wildman–Crippen LogP) is 4.51. The number of carbonyl (C=O) groups excluding carboxylic acids is 2. The van der Waals surface area contributed by atoms with Crippen LogP contribution in [0.4, 0.5) is 10.5 Å². The number of hydrazine groups is 1. The molecule has 0 fully saturated rings. The number of benzene rings is 1. The lowest BCUT2D eigenvalue weighted by Crippen LogP contribution is -2.43. The first kappa shape index (κ1) is 18.6. The summed E-state index contributed by atoms with van der Waals surface area (Å²) in [5.41, 5.74) is 5.14. The molecule has 22 heavy (non-hydrogen) atoms. The first-order valence-corrected chi connectivity index (χ1v) is 8.09. The van der Waals surface area contributed by atoms with Crippen molar-refractivity contribution >= 4 is 40.8 Å². The molecule has 0 bridgehead atoms. The van der Waals surface area contributed by atoms with Crippen molar-refractivity contribution < 1.29 is 9.59 Å². The Labute approximate surface area is 140 Å². The molecule has 0 aliphatic heterocycles. The molecule has 0 spiro atoms. The number of hydrogen-bond donors (Lipinski definition) is 3. The van der Waals surface area contributed by atoms with Gasteiger partial charge in [0.1, 0.15) is 0 Å². The average molecular weight is 346 g/mol. The van der Waals surface area contributed by atoms with Gasteiger partial charge in [-0.05, 0) is 24.6 Å². The Hall–Kier alpha value is -1.46. The monoisotopic (exact) mass is 345 g/mol. The second kappa shape index (κ2) is 10.3. The summed E-state index contributed by atoms with van der Waals surface area (Å²) >= 11 is 11.6. The zero-order chi connectivity index (χ0) is 16.4. The number of amides is 3. The molecule has 3 N–H and O–H groups in total. The molecule has 1 aromatic rings. The van der Waals surface area contributed by atoms with Crippen LogP contribution in [0.25, 0.3) is 0 Å². The van der Waals surface area contributed by atoms with E-state index in [0.717, 1.165) is 19.3 Å². The van der Waals surface area contributed by atoms with Crippen LogP contribution in [0.3, 0.4) is 0 Å². The first-order valence-electron chi connectivity index (χ1n) is 7.33. The molecule has 0 aliphatic carbocycles. The lowest BCUT2D eigenvalue weighted by molar-refractivity contribution is -0.121. The van der Waals surface area contributed by atoms with Crippen molar-refractivity contribution in [1.82, 2.24) is 10.9 Å². The Morgan fingerprint density at radius 1 is 1.00 bits per heavy atom.